The number of furan rings is 1. The molecule has 35 heavy (non-hydrogen) atoms. The van der Waals surface area contributed by atoms with E-state index in [1.807, 2.05) is 32.0 Å². The van der Waals surface area contributed by atoms with Gasteiger partial charge in [0.05, 0.1) is 22.2 Å². The predicted molar refractivity (Wildman–Crippen MR) is 145 cm³/mol. The van der Waals surface area contributed by atoms with E-state index >= 15 is 0 Å². The molecule has 0 spiro atoms. The van der Waals surface area contributed by atoms with Crippen molar-refractivity contribution in [1.82, 2.24) is 4.57 Å². The van der Waals surface area contributed by atoms with Gasteiger partial charge in [-0.15, -0.1) is 0 Å². The maximum Gasteiger partial charge on any atom is 0.331 e. The molecule has 0 aliphatic heterocycles. The van der Waals surface area contributed by atoms with Crippen LogP contribution in [-0.2, 0) is 4.65 Å². The highest BCUT2D eigenvalue weighted by atomic mass is 16.5. The first-order chi connectivity index (χ1) is 16.7. The average Bonchev–Trinajstić information content (AvgIpc) is 3.37. The Morgan fingerprint density at radius 2 is 1.37 bits per heavy atom. The summed E-state index contributed by atoms with van der Waals surface area (Å²) in [6, 6.07) is 29.5. The van der Waals surface area contributed by atoms with E-state index in [2.05, 4.69) is 71.3 Å². The van der Waals surface area contributed by atoms with Gasteiger partial charge in [-0.3, -0.25) is 0 Å². The van der Waals surface area contributed by atoms with Crippen molar-refractivity contribution >= 4 is 56.7 Å². The number of nitrogens with zero attached hydrogens (tertiary/aromatic N) is 1. The van der Waals surface area contributed by atoms with Crippen molar-refractivity contribution in [3.63, 3.8) is 0 Å². The van der Waals surface area contributed by atoms with Crippen molar-refractivity contribution in [1.29, 1.82) is 0 Å². The van der Waals surface area contributed by atoms with E-state index in [4.69, 9.17) is 9.07 Å². The van der Waals surface area contributed by atoms with Gasteiger partial charge in [-0.1, -0.05) is 48.5 Å². The van der Waals surface area contributed by atoms with Crippen molar-refractivity contribution in [2.75, 3.05) is 0 Å². The van der Waals surface area contributed by atoms with Crippen LogP contribution >= 0.6 is 0 Å². The molecule has 1 radical (unpaired) electrons. The van der Waals surface area contributed by atoms with Crippen molar-refractivity contribution < 1.29 is 14.2 Å². The van der Waals surface area contributed by atoms with E-state index in [9.17, 15) is 5.11 Å². The number of fused-ring (bicyclic) bond motifs is 6. The Balaban J connectivity index is 1.44. The van der Waals surface area contributed by atoms with E-state index in [-0.39, 0.29) is 0 Å². The predicted octanol–water partition coefficient (Wildman–Crippen LogP) is 6.49. The quantitative estimate of drug-likeness (QED) is 0.299. The molecule has 5 heteroatoms. The van der Waals surface area contributed by atoms with Crippen LogP contribution in [0.15, 0.2) is 89.3 Å². The number of hydrogen-bond donors (Lipinski definition) is 1. The van der Waals surface area contributed by atoms with E-state index in [0.29, 0.717) is 0 Å². The fourth-order valence-corrected chi connectivity index (χ4v) is 4.55. The highest BCUT2D eigenvalue weighted by molar-refractivity contribution is 6.47. The second-order valence-electron chi connectivity index (χ2n) is 10.2. The van der Waals surface area contributed by atoms with Gasteiger partial charge in [0.25, 0.3) is 0 Å². The molecule has 0 aliphatic carbocycles. The normalized spacial score (nSPS) is 12.8. The fourth-order valence-electron chi connectivity index (χ4n) is 4.55. The molecule has 0 saturated carbocycles. The van der Waals surface area contributed by atoms with Crippen LogP contribution in [0.5, 0.6) is 0 Å². The van der Waals surface area contributed by atoms with Gasteiger partial charge in [-0.05, 0) is 69.6 Å². The van der Waals surface area contributed by atoms with Crippen molar-refractivity contribution in [3.8, 4) is 5.69 Å². The number of aromatic nitrogens is 1. The highest BCUT2D eigenvalue weighted by Crippen LogP contribution is 2.35. The Bertz CT molecular complexity index is 1670. The van der Waals surface area contributed by atoms with Crippen LogP contribution in [0.1, 0.15) is 27.7 Å². The third-order valence-electron chi connectivity index (χ3n) is 7.28. The minimum atomic E-state index is -0.976. The maximum atomic E-state index is 10.4. The van der Waals surface area contributed by atoms with Gasteiger partial charge in [0.1, 0.15) is 11.2 Å². The molecule has 0 bridgehead atoms. The van der Waals surface area contributed by atoms with Gasteiger partial charge in [0, 0.05) is 27.2 Å². The summed E-state index contributed by atoms with van der Waals surface area (Å²) in [4.78, 5) is 0. The molecule has 0 amide bonds. The monoisotopic (exact) mass is 460 g/mol. The SMILES string of the molecule is CC(C)(O)C(C)(C)O[B]c1ccc2c(c1)oc1ccc(-n3c4ccccc4c4ccccc43)cc12. The maximum absolute atomic E-state index is 10.4. The number of para-hydroxylation sites is 2. The smallest absolute Gasteiger partial charge is 0.331 e. The average molecular weight is 460 g/mol. The summed E-state index contributed by atoms with van der Waals surface area (Å²) in [6.45, 7) is 7.24. The molecule has 1 N–H and O–H groups in total. The van der Waals surface area contributed by atoms with Gasteiger partial charge in [-0.2, -0.15) is 0 Å². The Labute approximate surface area is 205 Å². The first-order valence-corrected chi connectivity index (χ1v) is 11.9. The zero-order valence-electron chi connectivity index (χ0n) is 20.4. The summed E-state index contributed by atoms with van der Waals surface area (Å²) < 4.78 is 14.5. The second-order valence-corrected chi connectivity index (χ2v) is 10.2. The van der Waals surface area contributed by atoms with Crippen LogP contribution < -0.4 is 5.46 Å². The van der Waals surface area contributed by atoms with Crippen molar-refractivity contribution in [3.05, 3.63) is 84.9 Å². The Morgan fingerprint density at radius 3 is 2.03 bits per heavy atom. The summed E-state index contributed by atoms with van der Waals surface area (Å²) in [5.41, 5.74) is 4.30. The van der Waals surface area contributed by atoms with Gasteiger partial charge in [0.15, 0.2) is 0 Å². The van der Waals surface area contributed by atoms with E-state index in [1.54, 1.807) is 21.3 Å². The van der Waals surface area contributed by atoms with E-state index < -0.39 is 11.2 Å². The molecule has 4 aromatic carbocycles. The minimum Gasteiger partial charge on any atom is -0.456 e. The standard InChI is InChI=1S/C30H27BNO3/c1-29(2,33)30(3,4)35-31-19-13-15-23-24-18-20(14-16-27(24)34-28(23)17-19)32-25-11-7-5-9-21(25)22-10-6-8-12-26(22)32/h5-18,33H,1-4H3. The molecular formula is C30H27BNO3. The molecule has 2 heterocycles. The van der Waals surface area contributed by atoms with Crippen LogP contribution in [0.25, 0.3) is 49.4 Å². The Morgan fingerprint density at radius 1 is 0.714 bits per heavy atom. The Hall–Kier alpha value is -3.54. The fraction of sp³-hybridized carbons (Fsp3) is 0.200. The summed E-state index contributed by atoms with van der Waals surface area (Å²) >= 11 is 0. The van der Waals surface area contributed by atoms with Gasteiger partial charge < -0.3 is 18.7 Å². The first-order valence-electron chi connectivity index (χ1n) is 11.9. The zero-order chi connectivity index (χ0) is 24.4. The molecule has 2 aromatic heterocycles. The number of rotatable bonds is 5. The van der Waals surface area contributed by atoms with Gasteiger partial charge in [-0.25, -0.2) is 0 Å². The molecule has 0 aliphatic rings. The van der Waals surface area contributed by atoms with Crippen LogP contribution in [0.4, 0.5) is 0 Å². The van der Waals surface area contributed by atoms with Crippen LogP contribution in [0.3, 0.4) is 0 Å². The Kier molecular flexibility index (Phi) is 4.86. The van der Waals surface area contributed by atoms with Crippen LogP contribution in [0.2, 0.25) is 0 Å². The van der Waals surface area contributed by atoms with Crippen molar-refractivity contribution in [2.24, 2.45) is 0 Å². The molecule has 4 nitrogen and oxygen atoms in total. The molecule has 0 atom stereocenters. The molecule has 6 aromatic rings. The molecule has 173 valence electrons. The molecule has 0 unspecified atom stereocenters. The highest BCUT2D eigenvalue weighted by Gasteiger charge is 2.35. The summed E-state index contributed by atoms with van der Waals surface area (Å²) in [7, 11) is 1.69. The van der Waals surface area contributed by atoms with Crippen LogP contribution in [0, 0.1) is 0 Å². The number of hydrogen-bond acceptors (Lipinski definition) is 3. The lowest BCUT2D eigenvalue weighted by molar-refractivity contribution is -0.0893. The summed E-state index contributed by atoms with van der Waals surface area (Å²) in [5.74, 6) is 0. The van der Waals surface area contributed by atoms with E-state index in [1.165, 1.54) is 21.8 Å². The van der Waals surface area contributed by atoms with Crippen LogP contribution in [-0.4, -0.2) is 28.4 Å². The lowest BCUT2D eigenvalue weighted by Gasteiger charge is -2.37. The molecular weight excluding hydrogens is 433 g/mol. The summed E-state index contributed by atoms with van der Waals surface area (Å²) in [6.07, 6.45) is 0. The summed E-state index contributed by atoms with van der Waals surface area (Å²) in [5, 5.41) is 15.0. The third-order valence-corrected chi connectivity index (χ3v) is 7.28. The molecule has 0 saturated heterocycles. The first kappa shape index (κ1) is 22.0. The van der Waals surface area contributed by atoms with Gasteiger partial charge >= 0.3 is 7.48 Å². The lowest BCUT2D eigenvalue weighted by atomic mass is 9.82. The molecule has 0 fully saturated rings. The lowest BCUT2D eigenvalue weighted by Crippen LogP contribution is -2.49. The minimum absolute atomic E-state index is 0.729. The number of benzene rings is 4. The largest absolute Gasteiger partial charge is 0.456 e. The second kappa shape index (κ2) is 7.74. The van der Waals surface area contributed by atoms with E-state index in [0.717, 1.165) is 33.1 Å². The molecule has 6 rings (SSSR count). The zero-order valence-corrected chi connectivity index (χ0v) is 20.4. The topological polar surface area (TPSA) is 47.5 Å². The van der Waals surface area contributed by atoms with Gasteiger partial charge in [0.2, 0.25) is 0 Å². The van der Waals surface area contributed by atoms with Crippen molar-refractivity contribution in [2.45, 2.75) is 38.9 Å². The number of aliphatic hydroxyl groups is 1. The third kappa shape index (κ3) is 3.54.